The first kappa shape index (κ1) is 61.5. The lowest BCUT2D eigenvalue weighted by atomic mass is 10.1. The first-order valence-corrected chi connectivity index (χ1v) is 26.3. The third-order valence-electron chi connectivity index (χ3n) is 10.6. The minimum absolute atomic E-state index is 0.102. The van der Waals surface area contributed by atoms with Crippen molar-refractivity contribution < 1.29 is 28.6 Å². The molecule has 1 unspecified atom stereocenters. The van der Waals surface area contributed by atoms with E-state index < -0.39 is 6.10 Å². The molecule has 0 aromatic rings. The second-order valence-corrected chi connectivity index (χ2v) is 16.9. The fourth-order valence-electron chi connectivity index (χ4n) is 6.71. The lowest BCUT2D eigenvalue weighted by molar-refractivity contribution is -0.167. The van der Waals surface area contributed by atoms with Gasteiger partial charge in [-0.05, 0) is 77.0 Å². The summed E-state index contributed by atoms with van der Waals surface area (Å²) >= 11 is 0. The highest BCUT2D eigenvalue weighted by atomic mass is 16.6. The number of hydrogen-bond donors (Lipinski definition) is 0. The molecule has 0 saturated carbocycles. The predicted octanol–water partition coefficient (Wildman–Crippen LogP) is 17.5. The Labute approximate surface area is 405 Å². The second kappa shape index (κ2) is 53.2. The topological polar surface area (TPSA) is 78.9 Å². The molecule has 0 fully saturated rings. The summed E-state index contributed by atoms with van der Waals surface area (Å²) in [6.45, 7) is 6.30. The van der Waals surface area contributed by atoms with Gasteiger partial charge in [-0.1, -0.05) is 244 Å². The van der Waals surface area contributed by atoms with E-state index in [1.165, 1.54) is 57.8 Å². The molecule has 0 N–H and O–H groups in total. The summed E-state index contributed by atoms with van der Waals surface area (Å²) in [6.07, 6.45) is 74.3. The van der Waals surface area contributed by atoms with Gasteiger partial charge in [0.1, 0.15) is 13.2 Å². The van der Waals surface area contributed by atoms with Gasteiger partial charge in [0.15, 0.2) is 6.10 Å². The van der Waals surface area contributed by atoms with E-state index in [2.05, 4.69) is 81.5 Å². The van der Waals surface area contributed by atoms with Crippen molar-refractivity contribution in [2.45, 2.75) is 213 Å². The molecule has 0 spiro atoms. The molecule has 0 amide bonds. The Hall–Kier alpha value is -4.45. The minimum Gasteiger partial charge on any atom is -0.462 e. The van der Waals surface area contributed by atoms with Crippen molar-refractivity contribution >= 4 is 17.9 Å². The number of unbranched alkanes of at least 4 members (excludes halogenated alkanes) is 18. The van der Waals surface area contributed by atoms with Crippen LogP contribution in [-0.2, 0) is 28.6 Å². The second-order valence-electron chi connectivity index (χ2n) is 16.9. The van der Waals surface area contributed by atoms with Gasteiger partial charge in [-0.3, -0.25) is 14.4 Å². The van der Waals surface area contributed by atoms with Crippen LogP contribution in [0, 0.1) is 0 Å². The van der Waals surface area contributed by atoms with Crippen LogP contribution in [0.1, 0.15) is 207 Å². The molecule has 0 aliphatic carbocycles. The Bertz CT molecular complexity index is 1460. The van der Waals surface area contributed by atoms with Crippen molar-refractivity contribution in [2.24, 2.45) is 0 Å². The van der Waals surface area contributed by atoms with Crippen LogP contribution in [0.25, 0.3) is 0 Å². The van der Waals surface area contributed by atoms with E-state index >= 15 is 0 Å². The number of esters is 3. The SMILES string of the molecule is CC\C=C/C=C\C=C/C=C\C=C\C=C/C=C\CCCCCC(=O)OCC(COC(=O)CCCCCCCCCCCC)OC(=O)CCCCCCCC/C=C\C/C=C\C/C=C\C/C=C\CC. The lowest BCUT2D eigenvalue weighted by Crippen LogP contribution is -2.30. The first-order valence-electron chi connectivity index (χ1n) is 26.3. The fourth-order valence-corrected chi connectivity index (χ4v) is 6.71. The van der Waals surface area contributed by atoms with Crippen molar-refractivity contribution in [3.05, 3.63) is 134 Å². The monoisotopic (exact) mass is 911 g/mol. The van der Waals surface area contributed by atoms with Gasteiger partial charge in [0.05, 0.1) is 0 Å². The highest BCUT2D eigenvalue weighted by Gasteiger charge is 2.19. The maximum Gasteiger partial charge on any atom is 0.306 e. The van der Waals surface area contributed by atoms with Gasteiger partial charge in [-0.2, -0.15) is 0 Å². The van der Waals surface area contributed by atoms with E-state index in [9.17, 15) is 14.4 Å². The summed E-state index contributed by atoms with van der Waals surface area (Å²) in [7, 11) is 0. The highest BCUT2D eigenvalue weighted by Crippen LogP contribution is 2.14. The molecular formula is C60H94O6. The standard InChI is InChI=1S/C60H94O6/c1-4-7-10-13-16-19-22-24-26-28-30-32-34-36-38-41-44-47-50-53-59(62)65-56-57(55-64-58(61)52-49-46-43-40-21-18-15-12-9-6-3)66-60(63)54-51-48-45-42-39-37-35-33-31-29-27-25-23-20-17-14-11-8-5-2/h7-8,10-11,13,16-17,19-20,22,24-28,30-34,36,38,57H,4-6,9,12,14-15,18,21,23,29,35,37,39-56H2,1-3H3/b10-7-,11-8-,16-13-,20-17-,22-19-,26-24-,27-25-,30-28+,33-31-,34-32-,38-36-. The molecular weight excluding hydrogens is 817 g/mol. The molecule has 66 heavy (non-hydrogen) atoms. The fraction of sp³-hybridized carbons (Fsp3) is 0.583. The number of hydrogen-bond acceptors (Lipinski definition) is 6. The van der Waals surface area contributed by atoms with Crippen molar-refractivity contribution in [2.75, 3.05) is 13.2 Å². The smallest absolute Gasteiger partial charge is 0.306 e. The zero-order valence-corrected chi connectivity index (χ0v) is 42.1. The molecule has 6 nitrogen and oxygen atoms in total. The third-order valence-corrected chi connectivity index (χ3v) is 10.6. The molecule has 0 aromatic heterocycles. The maximum absolute atomic E-state index is 12.8. The van der Waals surface area contributed by atoms with Gasteiger partial charge in [-0.25, -0.2) is 0 Å². The van der Waals surface area contributed by atoms with Crippen molar-refractivity contribution in [1.29, 1.82) is 0 Å². The largest absolute Gasteiger partial charge is 0.462 e. The van der Waals surface area contributed by atoms with Crippen LogP contribution in [0.2, 0.25) is 0 Å². The van der Waals surface area contributed by atoms with Crippen molar-refractivity contribution in [1.82, 2.24) is 0 Å². The average molecular weight is 911 g/mol. The summed E-state index contributed by atoms with van der Waals surface area (Å²) in [4.78, 5) is 38.0. The van der Waals surface area contributed by atoms with Crippen LogP contribution in [0.15, 0.2) is 134 Å². The summed E-state index contributed by atoms with van der Waals surface area (Å²) in [6, 6.07) is 0. The number of carbonyl (C=O) groups excluding carboxylic acids is 3. The van der Waals surface area contributed by atoms with Gasteiger partial charge in [0, 0.05) is 19.3 Å². The Kier molecular flexibility index (Phi) is 49.6. The summed E-state index contributed by atoms with van der Waals surface area (Å²) < 4.78 is 16.7. The van der Waals surface area contributed by atoms with Crippen molar-refractivity contribution in [3.63, 3.8) is 0 Å². The molecule has 0 aliphatic heterocycles. The van der Waals surface area contributed by atoms with E-state index in [1.807, 2.05) is 72.9 Å². The van der Waals surface area contributed by atoms with Crippen LogP contribution in [0.4, 0.5) is 0 Å². The van der Waals surface area contributed by atoms with E-state index in [4.69, 9.17) is 14.2 Å². The number of ether oxygens (including phenoxy) is 3. The Morgan fingerprint density at radius 3 is 1.12 bits per heavy atom. The number of allylic oxidation sites excluding steroid dienone is 22. The molecule has 6 heteroatoms. The minimum atomic E-state index is -0.808. The van der Waals surface area contributed by atoms with E-state index in [1.54, 1.807) is 0 Å². The van der Waals surface area contributed by atoms with Gasteiger partial charge in [0.2, 0.25) is 0 Å². The molecule has 0 saturated heterocycles. The number of carbonyl (C=O) groups is 3. The summed E-state index contributed by atoms with van der Waals surface area (Å²) in [5.74, 6) is -0.973. The molecule has 0 bridgehead atoms. The quantitative estimate of drug-likeness (QED) is 0.0199. The first-order chi connectivity index (χ1) is 32.5. The molecule has 0 radical (unpaired) electrons. The molecule has 0 rings (SSSR count). The van der Waals surface area contributed by atoms with Crippen LogP contribution >= 0.6 is 0 Å². The number of rotatable bonds is 45. The van der Waals surface area contributed by atoms with Gasteiger partial charge < -0.3 is 14.2 Å². The van der Waals surface area contributed by atoms with Crippen molar-refractivity contribution in [3.8, 4) is 0 Å². The zero-order chi connectivity index (χ0) is 47.9. The molecule has 0 aromatic carbocycles. The third kappa shape index (κ3) is 50.5. The average Bonchev–Trinajstić information content (AvgIpc) is 3.31. The normalized spacial score (nSPS) is 13.2. The molecule has 0 heterocycles. The van der Waals surface area contributed by atoms with E-state index in [0.717, 1.165) is 109 Å². The molecule has 370 valence electrons. The van der Waals surface area contributed by atoms with Gasteiger partial charge in [-0.15, -0.1) is 0 Å². The Balaban J connectivity index is 4.50. The maximum atomic E-state index is 12.8. The lowest BCUT2D eigenvalue weighted by Gasteiger charge is -2.18. The predicted molar refractivity (Wildman–Crippen MR) is 283 cm³/mol. The summed E-state index contributed by atoms with van der Waals surface area (Å²) in [5.41, 5.74) is 0. The Morgan fingerprint density at radius 2 is 0.667 bits per heavy atom. The van der Waals surface area contributed by atoms with E-state index in [0.29, 0.717) is 19.3 Å². The zero-order valence-electron chi connectivity index (χ0n) is 42.1. The highest BCUT2D eigenvalue weighted by molar-refractivity contribution is 5.71. The summed E-state index contributed by atoms with van der Waals surface area (Å²) in [5, 5.41) is 0. The van der Waals surface area contributed by atoms with Crippen LogP contribution in [-0.4, -0.2) is 37.2 Å². The van der Waals surface area contributed by atoms with Gasteiger partial charge >= 0.3 is 17.9 Å². The van der Waals surface area contributed by atoms with Crippen LogP contribution in [0.5, 0.6) is 0 Å². The molecule has 1 atom stereocenters. The molecule has 0 aliphatic rings. The van der Waals surface area contributed by atoms with Crippen LogP contribution < -0.4 is 0 Å². The Morgan fingerprint density at radius 1 is 0.333 bits per heavy atom. The van der Waals surface area contributed by atoms with Gasteiger partial charge in [0.25, 0.3) is 0 Å². The van der Waals surface area contributed by atoms with E-state index in [-0.39, 0.29) is 31.1 Å². The van der Waals surface area contributed by atoms with Crippen LogP contribution in [0.3, 0.4) is 0 Å².